The molecule has 3 atom stereocenters. The van der Waals surface area contributed by atoms with Gasteiger partial charge in [-0.1, -0.05) is 5.16 Å². The first-order valence-electron chi connectivity index (χ1n) is 4.98. The molecule has 4 N–H and O–H groups in total. The summed E-state index contributed by atoms with van der Waals surface area (Å²) in [6.45, 7) is 4.72. The zero-order valence-corrected chi connectivity index (χ0v) is 8.73. The summed E-state index contributed by atoms with van der Waals surface area (Å²) in [4.78, 5) is 0. The number of hydrogen-bond acceptors (Lipinski definition) is 4. The van der Waals surface area contributed by atoms with E-state index in [2.05, 4.69) is 17.4 Å². The number of oxime groups is 1. The van der Waals surface area contributed by atoms with E-state index in [0.717, 1.165) is 19.4 Å². The molecule has 3 unspecified atom stereocenters. The van der Waals surface area contributed by atoms with Crippen molar-refractivity contribution < 1.29 is 9.94 Å². The maximum absolute atomic E-state index is 8.48. The van der Waals surface area contributed by atoms with Gasteiger partial charge in [0.2, 0.25) is 0 Å². The molecule has 0 aromatic rings. The molecule has 1 aliphatic heterocycles. The van der Waals surface area contributed by atoms with Crippen molar-refractivity contribution in [3.05, 3.63) is 0 Å². The van der Waals surface area contributed by atoms with Gasteiger partial charge in [0.15, 0.2) is 5.84 Å². The molecule has 0 aromatic carbocycles. The van der Waals surface area contributed by atoms with Crippen molar-refractivity contribution in [1.29, 1.82) is 0 Å². The van der Waals surface area contributed by atoms with Crippen molar-refractivity contribution in [1.82, 2.24) is 5.32 Å². The third-order valence-corrected chi connectivity index (χ3v) is 2.53. The molecule has 5 heteroatoms. The lowest BCUT2D eigenvalue weighted by Gasteiger charge is -2.30. The Bertz CT molecular complexity index is 208. The van der Waals surface area contributed by atoms with Gasteiger partial charge in [-0.15, -0.1) is 0 Å². The second-order valence-electron chi connectivity index (χ2n) is 3.82. The van der Waals surface area contributed by atoms with Gasteiger partial charge < -0.3 is 21.0 Å². The highest BCUT2D eigenvalue weighted by atomic mass is 16.5. The highest BCUT2D eigenvalue weighted by Crippen LogP contribution is 2.13. The maximum Gasteiger partial charge on any atom is 0.156 e. The van der Waals surface area contributed by atoms with Crippen LogP contribution in [0.25, 0.3) is 0 Å². The fraction of sp³-hybridized carbons (Fsp3) is 0.889. The van der Waals surface area contributed by atoms with E-state index in [4.69, 9.17) is 15.7 Å². The molecule has 1 fully saturated rings. The van der Waals surface area contributed by atoms with Gasteiger partial charge in [0, 0.05) is 12.6 Å². The zero-order chi connectivity index (χ0) is 10.6. The van der Waals surface area contributed by atoms with E-state index in [1.54, 1.807) is 0 Å². The smallest absolute Gasteiger partial charge is 0.156 e. The van der Waals surface area contributed by atoms with Crippen LogP contribution in [0, 0.1) is 0 Å². The fourth-order valence-corrected chi connectivity index (χ4v) is 1.67. The van der Waals surface area contributed by atoms with Gasteiger partial charge in [0.25, 0.3) is 0 Å². The molecular weight excluding hydrogens is 182 g/mol. The molecule has 0 radical (unpaired) electrons. The van der Waals surface area contributed by atoms with Gasteiger partial charge >= 0.3 is 0 Å². The second-order valence-corrected chi connectivity index (χ2v) is 3.82. The monoisotopic (exact) mass is 201 g/mol. The van der Waals surface area contributed by atoms with Crippen LogP contribution in [0.2, 0.25) is 0 Å². The number of amidine groups is 1. The molecule has 1 heterocycles. The van der Waals surface area contributed by atoms with Gasteiger partial charge in [0.05, 0.1) is 12.1 Å². The van der Waals surface area contributed by atoms with E-state index in [-0.39, 0.29) is 11.9 Å². The van der Waals surface area contributed by atoms with Crippen LogP contribution in [0.3, 0.4) is 0 Å². The first-order valence-corrected chi connectivity index (χ1v) is 4.98. The third kappa shape index (κ3) is 3.16. The van der Waals surface area contributed by atoms with Crippen LogP contribution in [0.4, 0.5) is 0 Å². The van der Waals surface area contributed by atoms with Crippen LogP contribution in [-0.4, -0.2) is 35.8 Å². The summed E-state index contributed by atoms with van der Waals surface area (Å²) < 4.78 is 5.43. The molecule has 0 aromatic heterocycles. The fourth-order valence-electron chi connectivity index (χ4n) is 1.67. The van der Waals surface area contributed by atoms with Crippen molar-refractivity contribution in [3.63, 3.8) is 0 Å². The Labute approximate surface area is 84.3 Å². The first-order chi connectivity index (χ1) is 6.63. The van der Waals surface area contributed by atoms with E-state index < -0.39 is 0 Å². The van der Waals surface area contributed by atoms with Crippen molar-refractivity contribution in [2.75, 3.05) is 6.61 Å². The molecule has 0 spiro atoms. The molecule has 82 valence electrons. The van der Waals surface area contributed by atoms with E-state index in [0.29, 0.717) is 12.1 Å². The molecule has 1 aliphatic rings. The largest absolute Gasteiger partial charge is 0.409 e. The van der Waals surface area contributed by atoms with Crippen molar-refractivity contribution in [3.8, 4) is 0 Å². The van der Waals surface area contributed by atoms with Crippen LogP contribution in [0.15, 0.2) is 5.16 Å². The highest BCUT2D eigenvalue weighted by Gasteiger charge is 2.21. The number of rotatable bonds is 3. The molecule has 1 saturated heterocycles. The number of hydrogen-bond donors (Lipinski definition) is 3. The number of nitrogens with zero attached hydrogens (tertiary/aromatic N) is 1. The standard InChI is InChI=1S/C9H19N3O2/c1-6-5-8(3-4-14-6)11-7(2)9(10)12-13/h6-8,11,13H,3-5H2,1-2H3,(H2,10,12). The molecule has 0 amide bonds. The Hall–Kier alpha value is -0.810. The minimum atomic E-state index is -0.0877. The van der Waals surface area contributed by atoms with Crippen LogP contribution in [0.1, 0.15) is 26.7 Å². The predicted octanol–water partition coefficient (Wildman–Crippen LogP) is 0.278. The lowest BCUT2D eigenvalue weighted by Crippen LogP contribution is -2.47. The minimum Gasteiger partial charge on any atom is -0.409 e. The normalized spacial score (nSPS) is 31.4. The maximum atomic E-state index is 8.48. The number of ether oxygens (including phenoxy) is 1. The summed E-state index contributed by atoms with van der Waals surface area (Å²) >= 11 is 0. The summed E-state index contributed by atoms with van der Waals surface area (Å²) in [5.74, 6) is 0.226. The Morgan fingerprint density at radius 2 is 2.43 bits per heavy atom. The van der Waals surface area contributed by atoms with Crippen LogP contribution in [0.5, 0.6) is 0 Å². The topological polar surface area (TPSA) is 79.9 Å². The van der Waals surface area contributed by atoms with E-state index >= 15 is 0 Å². The minimum absolute atomic E-state index is 0.0877. The summed E-state index contributed by atoms with van der Waals surface area (Å²) in [5, 5.41) is 14.8. The third-order valence-electron chi connectivity index (χ3n) is 2.53. The van der Waals surface area contributed by atoms with E-state index in [1.165, 1.54) is 0 Å². The van der Waals surface area contributed by atoms with Gasteiger partial charge in [-0.3, -0.25) is 0 Å². The summed E-state index contributed by atoms with van der Waals surface area (Å²) in [5.41, 5.74) is 5.47. The molecule has 5 nitrogen and oxygen atoms in total. The van der Waals surface area contributed by atoms with E-state index in [1.807, 2.05) is 6.92 Å². The average molecular weight is 201 g/mol. The van der Waals surface area contributed by atoms with Crippen LogP contribution >= 0.6 is 0 Å². The van der Waals surface area contributed by atoms with Crippen molar-refractivity contribution >= 4 is 5.84 Å². The predicted molar refractivity (Wildman–Crippen MR) is 54.4 cm³/mol. The summed E-state index contributed by atoms with van der Waals surface area (Å²) in [6, 6.07) is 0.310. The highest BCUT2D eigenvalue weighted by molar-refractivity contribution is 5.84. The second kappa shape index (κ2) is 5.17. The van der Waals surface area contributed by atoms with Crippen molar-refractivity contribution in [2.45, 2.75) is 44.9 Å². The van der Waals surface area contributed by atoms with Crippen molar-refractivity contribution in [2.24, 2.45) is 10.9 Å². The Balaban J connectivity index is 2.36. The first kappa shape index (κ1) is 11.3. The molecule has 0 bridgehead atoms. The van der Waals surface area contributed by atoms with E-state index in [9.17, 15) is 0 Å². The summed E-state index contributed by atoms with van der Waals surface area (Å²) in [7, 11) is 0. The molecule has 1 rings (SSSR count). The molecule has 0 saturated carbocycles. The molecule has 14 heavy (non-hydrogen) atoms. The van der Waals surface area contributed by atoms with Crippen LogP contribution in [-0.2, 0) is 4.74 Å². The Kier molecular flexibility index (Phi) is 4.16. The zero-order valence-electron chi connectivity index (χ0n) is 8.73. The van der Waals surface area contributed by atoms with Gasteiger partial charge in [0.1, 0.15) is 0 Å². The lowest BCUT2D eigenvalue weighted by atomic mass is 10.0. The average Bonchev–Trinajstić information content (AvgIpc) is 2.16. The van der Waals surface area contributed by atoms with Crippen LogP contribution < -0.4 is 11.1 Å². The Morgan fingerprint density at radius 1 is 1.71 bits per heavy atom. The number of nitrogens with two attached hydrogens (primary N) is 1. The quantitative estimate of drug-likeness (QED) is 0.265. The lowest BCUT2D eigenvalue weighted by molar-refractivity contribution is 0.0127. The van der Waals surface area contributed by atoms with Gasteiger partial charge in [-0.2, -0.15) is 0 Å². The van der Waals surface area contributed by atoms with Gasteiger partial charge in [-0.25, -0.2) is 0 Å². The molecule has 0 aliphatic carbocycles. The summed E-state index contributed by atoms with van der Waals surface area (Å²) in [6.07, 6.45) is 2.25. The molecular formula is C9H19N3O2. The Morgan fingerprint density at radius 3 is 3.00 bits per heavy atom. The SMILES string of the molecule is CC1CC(NC(C)C(N)=NO)CCO1. The number of nitrogens with one attached hydrogen (secondary N) is 1. The van der Waals surface area contributed by atoms with Gasteiger partial charge in [-0.05, 0) is 26.7 Å².